The lowest BCUT2D eigenvalue weighted by Gasteiger charge is -2.30. The number of methoxy groups -OCH3 is 1. The molecule has 0 bridgehead atoms. The second-order valence-corrected chi connectivity index (χ2v) is 11.0. The zero-order chi connectivity index (χ0) is 35.6. The van der Waals surface area contributed by atoms with Gasteiger partial charge in [-0.05, 0) is 48.2 Å². The molecule has 2 heterocycles. The number of rotatable bonds is 12. The van der Waals surface area contributed by atoms with E-state index in [2.05, 4.69) is 20.9 Å². The number of benzene rings is 2. The summed E-state index contributed by atoms with van der Waals surface area (Å²) in [6.45, 7) is -1.50. The Hall–Kier alpha value is -4.90. The molecule has 11 nitrogen and oxygen atoms in total. The number of hydrogen-bond donors (Lipinski definition) is 4. The molecule has 264 valence electrons. The minimum absolute atomic E-state index is 0.0289. The van der Waals surface area contributed by atoms with E-state index in [0.717, 1.165) is 25.4 Å². The number of nitrogens with zero attached hydrogens (tertiary/aromatic N) is 1. The molecule has 4 N–H and O–H groups in total. The molecule has 1 saturated heterocycles. The summed E-state index contributed by atoms with van der Waals surface area (Å²) in [5, 5.41) is 9.67. The van der Waals surface area contributed by atoms with Gasteiger partial charge in [0, 0.05) is 18.0 Å². The minimum atomic E-state index is -4.58. The zero-order valence-electron chi connectivity index (χ0n) is 26.0. The average molecular weight is 698 g/mol. The molecule has 2 aromatic carbocycles. The molecule has 1 aliphatic heterocycles. The van der Waals surface area contributed by atoms with Crippen LogP contribution < -0.4 is 21.3 Å². The summed E-state index contributed by atoms with van der Waals surface area (Å²) in [5.41, 5.74) is 0.488. The van der Waals surface area contributed by atoms with Gasteiger partial charge in [-0.15, -0.1) is 0 Å². The van der Waals surface area contributed by atoms with Crippen molar-refractivity contribution in [2.45, 2.75) is 43.1 Å². The first-order valence-corrected chi connectivity index (χ1v) is 14.9. The summed E-state index contributed by atoms with van der Waals surface area (Å²) >= 11 is 0. The highest BCUT2D eigenvalue weighted by atomic mass is 19.4. The Bertz CT molecular complexity index is 1560. The van der Waals surface area contributed by atoms with Gasteiger partial charge in [-0.3, -0.25) is 9.78 Å². The Morgan fingerprint density at radius 2 is 1.69 bits per heavy atom. The number of alkyl carbamates (subject to hydrolysis) is 2. The highest BCUT2D eigenvalue weighted by Gasteiger charge is 2.34. The number of alkyl halides is 3. The largest absolute Gasteiger partial charge is 0.453 e. The average Bonchev–Trinajstić information content (AvgIpc) is 3.06. The molecule has 3 atom stereocenters. The minimum Gasteiger partial charge on any atom is -0.453 e. The number of pyridine rings is 1. The van der Waals surface area contributed by atoms with Crippen molar-refractivity contribution in [3.63, 3.8) is 0 Å². The van der Waals surface area contributed by atoms with Crippen LogP contribution in [-0.4, -0.2) is 80.9 Å². The summed E-state index contributed by atoms with van der Waals surface area (Å²) in [6.07, 6.45) is -4.82. The van der Waals surface area contributed by atoms with Gasteiger partial charge >= 0.3 is 18.4 Å². The lowest BCUT2D eigenvalue weighted by Crippen LogP contribution is -2.49. The van der Waals surface area contributed by atoms with E-state index in [1.807, 2.05) is 0 Å². The maximum Gasteiger partial charge on any atom is 0.407 e. The monoisotopic (exact) mass is 697 g/mol. The number of carbonyl (C=O) groups is 3. The third-order valence-corrected chi connectivity index (χ3v) is 7.49. The fourth-order valence-corrected chi connectivity index (χ4v) is 5.16. The Balaban J connectivity index is 1.45. The highest BCUT2D eigenvalue weighted by molar-refractivity contribution is 5.98. The summed E-state index contributed by atoms with van der Waals surface area (Å²) in [7, 11) is 1.07. The molecule has 17 heteroatoms. The van der Waals surface area contributed by atoms with Crippen LogP contribution in [0, 0.1) is 17.5 Å². The third-order valence-electron chi connectivity index (χ3n) is 7.49. The van der Waals surface area contributed by atoms with Crippen molar-refractivity contribution in [3.05, 3.63) is 95.1 Å². The SMILES string of the molecule is COC(=O)N[C@H](C(=O)Nc1cncc(F)c1CC[C@@H]1CN[C@H](COC(=O)NCC(F)(F)F)CO1)C(c1cccc(F)c1)c1cccc(F)c1. The number of hydrogen-bond acceptors (Lipinski definition) is 8. The van der Waals surface area contributed by atoms with Gasteiger partial charge < -0.3 is 35.5 Å². The number of amides is 3. The van der Waals surface area contributed by atoms with Crippen molar-refractivity contribution in [1.82, 2.24) is 20.9 Å². The van der Waals surface area contributed by atoms with E-state index in [4.69, 9.17) is 14.2 Å². The van der Waals surface area contributed by atoms with E-state index in [0.29, 0.717) is 0 Å². The van der Waals surface area contributed by atoms with Crippen LogP contribution >= 0.6 is 0 Å². The van der Waals surface area contributed by atoms with Crippen molar-refractivity contribution >= 4 is 23.8 Å². The van der Waals surface area contributed by atoms with Gasteiger partial charge in [-0.2, -0.15) is 13.2 Å². The third kappa shape index (κ3) is 11.1. The van der Waals surface area contributed by atoms with E-state index in [1.165, 1.54) is 42.6 Å². The molecule has 3 aromatic rings. The number of morpholine rings is 1. The van der Waals surface area contributed by atoms with Crippen LogP contribution in [0.2, 0.25) is 0 Å². The Morgan fingerprint density at radius 1 is 1.02 bits per heavy atom. The first-order chi connectivity index (χ1) is 23.3. The Morgan fingerprint density at radius 3 is 2.27 bits per heavy atom. The zero-order valence-corrected chi connectivity index (χ0v) is 26.0. The van der Waals surface area contributed by atoms with E-state index in [-0.39, 0.29) is 55.0 Å². The van der Waals surface area contributed by atoms with Gasteiger partial charge in [0.1, 0.15) is 36.6 Å². The lowest BCUT2D eigenvalue weighted by molar-refractivity contribution is -0.124. The van der Waals surface area contributed by atoms with Crippen molar-refractivity contribution in [3.8, 4) is 0 Å². The molecular weight excluding hydrogens is 664 g/mol. The van der Waals surface area contributed by atoms with Crippen molar-refractivity contribution < 1.29 is 54.9 Å². The molecule has 1 aliphatic rings. The van der Waals surface area contributed by atoms with Crippen LogP contribution in [0.3, 0.4) is 0 Å². The van der Waals surface area contributed by atoms with Crippen LogP contribution in [0.5, 0.6) is 0 Å². The second-order valence-electron chi connectivity index (χ2n) is 11.0. The van der Waals surface area contributed by atoms with Crippen molar-refractivity contribution in [1.29, 1.82) is 0 Å². The summed E-state index contributed by atoms with van der Waals surface area (Å²) < 4.78 is 95.8. The molecule has 3 amide bonds. The van der Waals surface area contributed by atoms with Gasteiger partial charge in [-0.25, -0.2) is 22.8 Å². The number of nitrogens with one attached hydrogen (secondary N) is 4. The molecule has 4 rings (SSSR count). The predicted molar refractivity (Wildman–Crippen MR) is 162 cm³/mol. The fraction of sp³-hybridized carbons (Fsp3) is 0.375. The van der Waals surface area contributed by atoms with Crippen LogP contribution in [0.1, 0.15) is 29.0 Å². The van der Waals surface area contributed by atoms with Crippen LogP contribution in [0.15, 0.2) is 60.9 Å². The number of aromatic nitrogens is 1. The molecule has 1 fully saturated rings. The van der Waals surface area contributed by atoms with E-state index in [1.54, 1.807) is 5.32 Å². The molecule has 0 unspecified atom stereocenters. The molecule has 1 aromatic heterocycles. The van der Waals surface area contributed by atoms with Crippen LogP contribution in [0.25, 0.3) is 0 Å². The van der Waals surface area contributed by atoms with Crippen molar-refractivity contribution in [2.75, 3.05) is 38.7 Å². The molecular formula is C32H33F6N5O6. The maximum absolute atomic E-state index is 15.1. The normalized spacial score (nSPS) is 16.8. The number of ether oxygens (including phenoxy) is 3. The first-order valence-electron chi connectivity index (χ1n) is 14.9. The summed E-state index contributed by atoms with van der Waals surface area (Å²) in [5.74, 6) is -4.02. The van der Waals surface area contributed by atoms with E-state index >= 15 is 4.39 Å². The Kier molecular flexibility index (Phi) is 12.8. The molecule has 49 heavy (non-hydrogen) atoms. The summed E-state index contributed by atoms with van der Waals surface area (Å²) in [4.78, 5) is 41.6. The smallest absolute Gasteiger partial charge is 0.407 e. The fourth-order valence-electron chi connectivity index (χ4n) is 5.16. The number of anilines is 1. The second kappa shape index (κ2) is 17.0. The standard InChI is InChI=1S/C32H33F6N5O6/c1-47-31(46)43-28(27(18-4-2-6-20(33)10-18)19-5-3-7-21(34)11-19)29(44)42-26-14-39-13-25(35)24(26)9-8-23-12-40-22(15-48-23)16-49-30(45)41-17-32(36,37)38/h2-7,10-11,13-14,22-23,27-28,40H,8-9,12,15-17H2,1H3,(H,41,45)(H,42,44)(H,43,46)/t22-,23+,28-/m0/s1. The van der Waals surface area contributed by atoms with Gasteiger partial charge in [-0.1, -0.05) is 24.3 Å². The van der Waals surface area contributed by atoms with Crippen molar-refractivity contribution in [2.24, 2.45) is 0 Å². The maximum atomic E-state index is 15.1. The first kappa shape index (κ1) is 36.9. The molecule has 0 saturated carbocycles. The molecule has 0 aliphatic carbocycles. The van der Waals surface area contributed by atoms with Gasteiger partial charge in [0.05, 0.1) is 43.9 Å². The highest BCUT2D eigenvalue weighted by Crippen LogP contribution is 2.31. The van der Waals surface area contributed by atoms with E-state index in [9.17, 15) is 36.3 Å². The van der Waals surface area contributed by atoms with Gasteiger partial charge in [0.2, 0.25) is 5.91 Å². The topological polar surface area (TPSA) is 140 Å². The predicted octanol–water partition coefficient (Wildman–Crippen LogP) is 4.57. The van der Waals surface area contributed by atoms with E-state index < -0.39 is 72.4 Å². The number of halogens is 6. The molecule has 0 spiro atoms. The van der Waals surface area contributed by atoms with Crippen LogP contribution in [-0.2, 0) is 25.4 Å². The van der Waals surface area contributed by atoms with Crippen LogP contribution in [0.4, 0.5) is 41.6 Å². The Labute approximate surface area is 276 Å². The molecule has 0 radical (unpaired) electrons. The lowest BCUT2D eigenvalue weighted by atomic mass is 9.84. The number of carbonyl (C=O) groups excluding carboxylic acids is 3. The van der Waals surface area contributed by atoms with Gasteiger partial charge in [0.15, 0.2) is 0 Å². The quantitative estimate of drug-likeness (QED) is 0.202. The van der Waals surface area contributed by atoms with Gasteiger partial charge in [0.25, 0.3) is 0 Å². The summed E-state index contributed by atoms with van der Waals surface area (Å²) in [6, 6.07) is 8.44.